The van der Waals surface area contributed by atoms with Crippen LogP contribution in [0, 0.1) is 0 Å². The number of hydrogen-bond donors (Lipinski definition) is 0. The number of hydrogen-bond acceptors (Lipinski definition) is 6. The first-order valence-electron chi connectivity index (χ1n) is 9.61. The Morgan fingerprint density at radius 3 is 2.77 bits per heavy atom. The minimum atomic E-state index is -0.131. The Balaban J connectivity index is 1.47. The summed E-state index contributed by atoms with van der Waals surface area (Å²) in [5.74, 6) is 0.652. The molecular weight excluding hydrogens is 392 g/mol. The highest BCUT2D eigenvalue weighted by Crippen LogP contribution is 2.42. The minimum Gasteiger partial charge on any atom is -0.446 e. The maximum absolute atomic E-state index is 5.64. The zero-order valence-electron chi connectivity index (χ0n) is 15.8. The molecule has 0 radical (unpaired) electrons. The van der Waals surface area contributed by atoms with E-state index in [9.17, 15) is 0 Å². The van der Waals surface area contributed by atoms with E-state index in [2.05, 4.69) is 74.5 Å². The van der Waals surface area contributed by atoms with Crippen LogP contribution in [0.1, 0.15) is 17.5 Å². The molecule has 1 aliphatic heterocycles. The molecule has 3 aromatic heterocycles. The molecule has 1 aliphatic rings. The monoisotopic (exact) mass is 408 g/mol. The van der Waals surface area contributed by atoms with Gasteiger partial charge in [0.05, 0.1) is 33.8 Å². The van der Waals surface area contributed by atoms with Crippen LogP contribution in [-0.4, -0.2) is 15.0 Å². The predicted octanol–water partition coefficient (Wildman–Crippen LogP) is 6.25. The van der Waals surface area contributed by atoms with Crippen LogP contribution in [0.25, 0.3) is 27.4 Å². The van der Waals surface area contributed by atoms with Crippen molar-refractivity contribution in [2.24, 2.45) is 0 Å². The van der Waals surface area contributed by atoms with Gasteiger partial charge >= 0.3 is 0 Å². The zero-order valence-corrected chi connectivity index (χ0v) is 16.7. The Kier molecular flexibility index (Phi) is 3.95. The largest absolute Gasteiger partial charge is 0.446 e. The van der Waals surface area contributed by atoms with Crippen LogP contribution in [-0.2, 0) is 0 Å². The first-order chi connectivity index (χ1) is 14.9. The molecule has 0 fully saturated rings. The molecule has 6 rings (SSSR count). The lowest BCUT2D eigenvalue weighted by atomic mass is 9.96. The van der Waals surface area contributed by atoms with E-state index in [1.807, 2.05) is 17.8 Å². The molecule has 0 spiro atoms. The maximum atomic E-state index is 5.64. The lowest BCUT2D eigenvalue weighted by Gasteiger charge is -2.34. The van der Waals surface area contributed by atoms with Crippen LogP contribution >= 0.6 is 11.3 Å². The quantitative estimate of drug-likeness (QED) is 0.353. The van der Waals surface area contributed by atoms with E-state index in [0.29, 0.717) is 5.89 Å². The Morgan fingerprint density at radius 2 is 1.90 bits per heavy atom. The Hall–Kier alpha value is -3.77. The summed E-state index contributed by atoms with van der Waals surface area (Å²) in [5, 5.41) is 0. The molecule has 0 saturated heterocycles. The van der Waals surface area contributed by atoms with E-state index in [-0.39, 0.29) is 6.04 Å². The lowest BCUT2D eigenvalue weighted by Crippen LogP contribution is -2.25. The molecule has 0 aliphatic carbocycles. The highest BCUT2D eigenvalue weighted by atomic mass is 32.1. The van der Waals surface area contributed by atoms with Gasteiger partial charge in [-0.1, -0.05) is 24.3 Å². The van der Waals surface area contributed by atoms with Gasteiger partial charge in [0, 0.05) is 11.9 Å². The topological polar surface area (TPSA) is 55.1 Å². The van der Waals surface area contributed by atoms with E-state index in [4.69, 9.17) is 4.42 Å². The SMILES string of the molecule is C1=CC(c2ncco2)N(c2cccnc2)c2ccc(-c3ccc4scnc4c3)cc21. The van der Waals surface area contributed by atoms with Crippen molar-refractivity contribution >= 4 is 39.0 Å². The van der Waals surface area contributed by atoms with Gasteiger partial charge in [0.2, 0.25) is 5.89 Å². The number of benzene rings is 2. The molecule has 6 heteroatoms. The number of aromatic nitrogens is 3. The van der Waals surface area contributed by atoms with Crippen molar-refractivity contribution in [3.8, 4) is 11.1 Å². The summed E-state index contributed by atoms with van der Waals surface area (Å²) in [4.78, 5) is 15.4. The van der Waals surface area contributed by atoms with E-state index < -0.39 is 0 Å². The molecule has 1 atom stereocenters. The fourth-order valence-corrected chi connectivity index (χ4v) is 4.58. The van der Waals surface area contributed by atoms with E-state index in [0.717, 1.165) is 33.6 Å². The lowest BCUT2D eigenvalue weighted by molar-refractivity contribution is 0.475. The summed E-state index contributed by atoms with van der Waals surface area (Å²) in [6, 6.07) is 16.8. The minimum absolute atomic E-state index is 0.131. The van der Waals surface area contributed by atoms with Gasteiger partial charge in [-0.05, 0) is 53.1 Å². The fourth-order valence-electron chi connectivity index (χ4n) is 3.92. The van der Waals surface area contributed by atoms with Gasteiger partial charge in [0.25, 0.3) is 0 Å². The Bertz CT molecular complexity index is 1360. The molecule has 30 heavy (non-hydrogen) atoms. The van der Waals surface area contributed by atoms with Crippen molar-refractivity contribution in [3.63, 3.8) is 0 Å². The van der Waals surface area contributed by atoms with Crippen molar-refractivity contribution in [2.75, 3.05) is 4.90 Å². The van der Waals surface area contributed by atoms with Crippen LogP contribution in [0.15, 0.2) is 89.4 Å². The van der Waals surface area contributed by atoms with Crippen LogP contribution in [0.3, 0.4) is 0 Å². The summed E-state index contributed by atoms with van der Waals surface area (Å²) >= 11 is 1.66. The number of thiazole rings is 1. The number of anilines is 2. The maximum Gasteiger partial charge on any atom is 0.221 e. The predicted molar refractivity (Wildman–Crippen MR) is 120 cm³/mol. The van der Waals surface area contributed by atoms with Gasteiger partial charge in [-0.3, -0.25) is 4.98 Å². The van der Waals surface area contributed by atoms with E-state index >= 15 is 0 Å². The van der Waals surface area contributed by atoms with Crippen molar-refractivity contribution in [3.05, 3.63) is 96.4 Å². The summed E-state index contributed by atoms with van der Waals surface area (Å²) in [7, 11) is 0. The van der Waals surface area contributed by atoms with Crippen LogP contribution in [0.2, 0.25) is 0 Å². The number of fused-ring (bicyclic) bond motifs is 2. The second-order valence-electron chi connectivity index (χ2n) is 7.06. The molecule has 5 nitrogen and oxygen atoms in total. The van der Waals surface area contributed by atoms with Crippen LogP contribution in [0.4, 0.5) is 11.4 Å². The normalized spacial score (nSPS) is 15.5. The summed E-state index contributed by atoms with van der Waals surface area (Å²) in [5.41, 5.74) is 8.46. The van der Waals surface area contributed by atoms with Gasteiger partial charge < -0.3 is 9.32 Å². The van der Waals surface area contributed by atoms with Crippen LogP contribution in [0.5, 0.6) is 0 Å². The molecular formula is C24H16N4OS. The Morgan fingerprint density at radius 1 is 0.967 bits per heavy atom. The third kappa shape index (κ3) is 2.81. The summed E-state index contributed by atoms with van der Waals surface area (Å²) in [6.45, 7) is 0. The van der Waals surface area contributed by atoms with Crippen molar-refractivity contribution in [1.29, 1.82) is 0 Å². The molecule has 0 amide bonds. The van der Waals surface area contributed by atoms with Crippen molar-refractivity contribution in [2.45, 2.75) is 6.04 Å². The van der Waals surface area contributed by atoms with Crippen molar-refractivity contribution < 1.29 is 4.42 Å². The van der Waals surface area contributed by atoms with Gasteiger partial charge in [-0.15, -0.1) is 11.3 Å². The molecule has 1 unspecified atom stereocenters. The van der Waals surface area contributed by atoms with Gasteiger partial charge in [0.15, 0.2) is 0 Å². The molecule has 5 aromatic rings. The summed E-state index contributed by atoms with van der Waals surface area (Å²) in [6.07, 6.45) is 11.2. The molecule has 0 N–H and O–H groups in total. The molecule has 0 saturated carbocycles. The third-order valence-corrected chi connectivity index (χ3v) is 6.13. The smallest absolute Gasteiger partial charge is 0.221 e. The van der Waals surface area contributed by atoms with Crippen LogP contribution < -0.4 is 4.90 Å². The number of oxazole rings is 1. The second-order valence-corrected chi connectivity index (χ2v) is 7.95. The molecule has 144 valence electrons. The number of nitrogens with zero attached hydrogens (tertiary/aromatic N) is 4. The van der Waals surface area contributed by atoms with Gasteiger partial charge in [0.1, 0.15) is 12.3 Å². The van der Waals surface area contributed by atoms with E-state index in [1.54, 1.807) is 30.0 Å². The first kappa shape index (κ1) is 17.1. The number of rotatable bonds is 3. The Labute approximate surface area is 177 Å². The van der Waals surface area contributed by atoms with Gasteiger partial charge in [-0.25, -0.2) is 9.97 Å². The standard InChI is InChI=1S/C24H16N4OS/c1-2-19(14-25-9-1)28-21-6-3-16(17-5-8-23-20(13-17)27-15-30-23)12-18(21)4-7-22(28)24-26-10-11-29-24/h1-15,22H. The average molecular weight is 408 g/mol. The highest BCUT2D eigenvalue weighted by Gasteiger charge is 2.28. The van der Waals surface area contributed by atoms with Crippen molar-refractivity contribution in [1.82, 2.24) is 15.0 Å². The number of pyridine rings is 1. The molecule has 4 heterocycles. The van der Waals surface area contributed by atoms with E-state index in [1.165, 1.54) is 4.70 Å². The zero-order chi connectivity index (χ0) is 19.9. The molecule has 0 bridgehead atoms. The molecule has 2 aromatic carbocycles. The summed E-state index contributed by atoms with van der Waals surface area (Å²) < 4.78 is 6.84. The highest BCUT2D eigenvalue weighted by molar-refractivity contribution is 7.16. The first-order valence-corrected chi connectivity index (χ1v) is 10.5. The second kappa shape index (κ2) is 6.93. The third-order valence-electron chi connectivity index (χ3n) is 5.32. The average Bonchev–Trinajstić information content (AvgIpc) is 3.50. The fraction of sp³-hybridized carbons (Fsp3) is 0.0417. The van der Waals surface area contributed by atoms with Gasteiger partial charge in [-0.2, -0.15) is 0 Å².